The Kier molecular flexibility index (Phi) is 2.21. The van der Waals surface area contributed by atoms with Gasteiger partial charge in [0.25, 0.3) is 5.56 Å². The van der Waals surface area contributed by atoms with E-state index < -0.39 is 0 Å². The molecule has 2 aromatic carbocycles. The molecular weight excluding hydrogens is 302 g/mol. The number of fused-ring (bicyclic) bond motifs is 5. The summed E-state index contributed by atoms with van der Waals surface area (Å²) in [7, 11) is 0. The van der Waals surface area contributed by atoms with Crippen LogP contribution in [0.4, 0.5) is 0 Å². The van der Waals surface area contributed by atoms with Gasteiger partial charge in [0.05, 0.1) is 5.69 Å². The van der Waals surface area contributed by atoms with Crippen LogP contribution in [0.3, 0.4) is 0 Å². The molecule has 0 radical (unpaired) electrons. The van der Waals surface area contributed by atoms with Crippen molar-refractivity contribution >= 4 is 26.7 Å². The van der Waals surface area contributed by atoms with Gasteiger partial charge in [-0.1, -0.05) is 46.3 Å². The second kappa shape index (κ2) is 3.81. The van der Waals surface area contributed by atoms with Crippen molar-refractivity contribution in [2.75, 3.05) is 0 Å². The number of aromatic nitrogens is 1. The molecule has 1 N–H and O–H groups in total. The van der Waals surface area contributed by atoms with Gasteiger partial charge in [-0.3, -0.25) is 4.79 Å². The Balaban J connectivity index is 2.21. The van der Waals surface area contributed by atoms with Crippen molar-refractivity contribution in [2.24, 2.45) is 0 Å². The maximum Gasteiger partial charge on any atom is 0.256 e. The van der Waals surface area contributed by atoms with E-state index >= 15 is 0 Å². The molecule has 0 bridgehead atoms. The fourth-order valence-electron chi connectivity index (χ4n) is 2.92. The van der Waals surface area contributed by atoms with Gasteiger partial charge in [0, 0.05) is 27.2 Å². The SMILES string of the molecule is O=c1[nH]c2c(c3c(Br)cccc13)Cc1ccccc1-2. The van der Waals surface area contributed by atoms with Crippen LogP contribution in [-0.2, 0) is 6.42 Å². The lowest BCUT2D eigenvalue weighted by atomic mass is 10.0. The minimum Gasteiger partial charge on any atom is -0.321 e. The number of pyridine rings is 1. The summed E-state index contributed by atoms with van der Waals surface area (Å²) in [4.78, 5) is 15.3. The molecule has 3 heteroatoms. The summed E-state index contributed by atoms with van der Waals surface area (Å²) in [6.45, 7) is 0. The topological polar surface area (TPSA) is 32.9 Å². The highest BCUT2D eigenvalue weighted by atomic mass is 79.9. The van der Waals surface area contributed by atoms with Crippen LogP contribution >= 0.6 is 15.9 Å². The van der Waals surface area contributed by atoms with Crippen molar-refractivity contribution in [1.82, 2.24) is 4.98 Å². The Morgan fingerprint density at radius 3 is 2.79 bits per heavy atom. The molecule has 0 aliphatic heterocycles. The van der Waals surface area contributed by atoms with Crippen molar-refractivity contribution in [3.63, 3.8) is 0 Å². The Bertz CT molecular complexity index is 880. The highest BCUT2D eigenvalue weighted by Crippen LogP contribution is 2.39. The van der Waals surface area contributed by atoms with Gasteiger partial charge in [0.15, 0.2) is 0 Å². The molecule has 92 valence electrons. The molecule has 1 heterocycles. The fraction of sp³-hybridized carbons (Fsp3) is 0.0625. The van der Waals surface area contributed by atoms with Gasteiger partial charge in [0.1, 0.15) is 0 Å². The molecule has 0 spiro atoms. The van der Waals surface area contributed by atoms with E-state index in [2.05, 4.69) is 33.0 Å². The summed E-state index contributed by atoms with van der Waals surface area (Å²) < 4.78 is 0.986. The molecular formula is C16H10BrNO. The van der Waals surface area contributed by atoms with Gasteiger partial charge in [-0.25, -0.2) is 0 Å². The standard InChI is InChI=1S/C16H10BrNO/c17-13-7-3-6-11-14(13)12-8-9-4-1-2-5-10(9)15(12)18-16(11)19/h1-7H,8H2,(H,18,19). The average molecular weight is 312 g/mol. The van der Waals surface area contributed by atoms with Gasteiger partial charge in [0.2, 0.25) is 0 Å². The van der Waals surface area contributed by atoms with Crippen LogP contribution < -0.4 is 5.56 Å². The molecule has 0 atom stereocenters. The van der Waals surface area contributed by atoms with Crippen molar-refractivity contribution < 1.29 is 0 Å². The zero-order valence-corrected chi connectivity index (χ0v) is 11.6. The Labute approximate surface area is 118 Å². The van der Waals surface area contributed by atoms with Crippen LogP contribution in [0.25, 0.3) is 22.0 Å². The van der Waals surface area contributed by atoms with Gasteiger partial charge >= 0.3 is 0 Å². The number of halogens is 1. The first-order valence-electron chi connectivity index (χ1n) is 6.17. The molecule has 0 amide bonds. The predicted molar refractivity (Wildman–Crippen MR) is 80.5 cm³/mol. The molecule has 1 aromatic heterocycles. The van der Waals surface area contributed by atoms with Gasteiger partial charge in [-0.05, 0) is 23.3 Å². The highest BCUT2D eigenvalue weighted by Gasteiger charge is 2.22. The van der Waals surface area contributed by atoms with Crippen LogP contribution in [0.1, 0.15) is 11.1 Å². The van der Waals surface area contributed by atoms with Crippen LogP contribution in [0.15, 0.2) is 51.7 Å². The normalized spacial score (nSPS) is 12.5. The van der Waals surface area contributed by atoms with Crippen molar-refractivity contribution in [1.29, 1.82) is 0 Å². The minimum absolute atomic E-state index is 0.0215. The lowest BCUT2D eigenvalue weighted by molar-refractivity contribution is 1.23. The summed E-state index contributed by atoms with van der Waals surface area (Å²) in [6.07, 6.45) is 0.876. The van der Waals surface area contributed by atoms with Gasteiger partial charge in [-0.2, -0.15) is 0 Å². The average Bonchev–Trinajstić information content (AvgIpc) is 2.78. The van der Waals surface area contributed by atoms with Crippen molar-refractivity contribution in [2.45, 2.75) is 6.42 Å². The number of aromatic amines is 1. The quantitative estimate of drug-likeness (QED) is 0.525. The van der Waals surface area contributed by atoms with Crippen molar-refractivity contribution in [3.05, 3.63) is 68.4 Å². The second-order valence-corrected chi connectivity index (χ2v) is 5.66. The third-order valence-corrected chi connectivity index (χ3v) is 4.42. The van der Waals surface area contributed by atoms with E-state index in [4.69, 9.17) is 0 Å². The van der Waals surface area contributed by atoms with Gasteiger partial charge in [-0.15, -0.1) is 0 Å². The van der Waals surface area contributed by atoms with E-state index in [0.717, 1.165) is 32.9 Å². The van der Waals surface area contributed by atoms with E-state index in [9.17, 15) is 4.79 Å². The summed E-state index contributed by atoms with van der Waals surface area (Å²) in [5.74, 6) is 0. The molecule has 0 saturated heterocycles. The highest BCUT2D eigenvalue weighted by molar-refractivity contribution is 9.10. The number of hydrogen-bond donors (Lipinski definition) is 1. The lowest BCUT2D eigenvalue weighted by Gasteiger charge is -2.07. The largest absolute Gasteiger partial charge is 0.321 e. The summed E-state index contributed by atoms with van der Waals surface area (Å²) in [5.41, 5.74) is 4.58. The van der Waals surface area contributed by atoms with E-state index in [0.29, 0.717) is 0 Å². The smallest absolute Gasteiger partial charge is 0.256 e. The van der Waals surface area contributed by atoms with E-state index in [1.165, 1.54) is 11.1 Å². The minimum atomic E-state index is -0.0215. The van der Waals surface area contributed by atoms with Gasteiger partial charge < -0.3 is 4.98 Å². The summed E-state index contributed by atoms with van der Waals surface area (Å²) in [5, 5.41) is 1.79. The summed E-state index contributed by atoms with van der Waals surface area (Å²) >= 11 is 3.58. The first-order chi connectivity index (χ1) is 9.25. The van der Waals surface area contributed by atoms with Crippen LogP contribution in [0.2, 0.25) is 0 Å². The molecule has 0 fully saturated rings. The Hall–Kier alpha value is -1.87. The number of benzene rings is 2. The van der Waals surface area contributed by atoms with Crippen LogP contribution in [-0.4, -0.2) is 4.98 Å². The summed E-state index contributed by atoms with van der Waals surface area (Å²) in [6, 6.07) is 14.0. The molecule has 0 saturated carbocycles. The van der Waals surface area contributed by atoms with E-state index in [1.54, 1.807) is 0 Å². The zero-order chi connectivity index (χ0) is 13.0. The van der Waals surface area contributed by atoms with Crippen LogP contribution in [0, 0.1) is 0 Å². The molecule has 1 aliphatic rings. The number of nitrogens with one attached hydrogen (secondary N) is 1. The first kappa shape index (κ1) is 11.0. The zero-order valence-electron chi connectivity index (χ0n) is 10.0. The third-order valence-electron chi connectivity index (χ3n) is 3.75. The molecule has 0 unspecified atom stereocenters. The molecule has 4 rings (SSSR count). The van der Waals surface area contributed by atoms with Crippen molar-refractivity contribution in [3.8, 4) is 11.3 Å². The van der Waals surface area contributed by atoms with Crippen LogP contribution in [0.5, 0.6) is 0 Å². The second-order valence-electron chi connectivity index (χ2n) is 4.80. The predicted octanol–water partition coefficient (Wildman–Crippen LogP) is 3.86. The first-order valence-corrected chi connectivity index (χ1v) is 6.96. The monoisotopic (exact) mass is 311 g/mol. The maximum atomic E-state index is 12.2. The number of H-pyrrole nitrogens is 1. The molecule has 3 aromatic rings. The molecule has 2 nitrogen and oxygen atoms in total. The Morgan fingerprint density at radius 1 is 1.05 bits per heavy atom. The van der Waals surface area contributed by atoms with E-state index in [-0.39, 0.29) is 5.56 Å². The maximum absolute atomic E-state index is 12.2. The Morgan fingerprint density at radius 2 is 1.89 bits per heavy atom. The lowest BCUT2D eigenvalue weighted by Crippen LogP contribution is -2.08. The number of hydrogen-bond acceptors (Lipinski definition) is 1. The third kappa shape index (κ3) is 1.45. The fourth-order valence-corrected chi connectivity index (χ4v) is 3.52. The van der Waals surface area contributed by atoms with E-state index in [1.807, 2.05) is 30.3 Å². The number of rotatable bonds is 0. The molecule has 19 heavy (non-hydrogen) atoms. The molecule has 1 aliphatic carbocycles.